The van der Waals surface area contributed by atoms with Gasteiger partial charge >= 0.3 is 0 Å². The van der Waals surface area contributed by atoms with Gasteiger partial charge in [0.25, 0.3) is 0 Å². The quantitative estimate of drug-likeness (QED) is 0.873. The lowest BCUT2D eigenvalue weighted by atomic mass is 10.0. The van der Waals surface area contributed by atoms with Gasteiger partial charge in [0.1, 0.15) is 10.7 Å². The van der Waals surface area contributed by atoms with E-state index in [1.54, 1.807) is 18.6 Å². The third-order valence-corrected chi connectivity index (χ3v) is 4.74. The molecule has 0 aromatic carbocycles. The zero-order chi connectivity index (χ0) is 15.4. The van der Waals surface area contributed by atoms with Crippen LogP contribution in [0.3, 0.4) is 0 Å². The number of hydrogen-bond acceptors (Lipinski definition) is 6. The van der Waals surface area contributed by atoms with Gasteiger partial charge in [0.2, 0.25) is 5.91 Å². The number of nitrogens with zero attached hydrogens (tertiary/aromatic N) is 3. The molecule has 2 heterocycles. The van der Waals surface area contributed by atoms with Crippen molar-refractivity contribution in [2.24, 2.45) is 0 Å². The van der Waals surface area contributed by atoms with Crippen LogP contribution in [0.15, 0.2) is 24.0 Å². The highest BCUT2D eigenvalue weighted by atomic mass is 32.1. The second-order valence-corrected chi connectivity index (χ2v) is 6.48. The third-order valence-electron chi connectivity index (χ3n) is 3.82. The van der Waals surface area contributed by atoms with E-state index < -0.39 is 5.60 Å². The van der Waals surface area contributed by atoms with Crippen LogP contribution >= 0.6 is 11.3 Å². The summed E-state index contributed by atoms with van der Waals surface area (Å²) >= 11 is 1.44. The van der Waals surface area contributed by atoms with Crippen molar-refractivity contribution in [3.05, 3.63) is 29.7 Å². The van der Waals surface area contributed by atoms with E-state index in [4.69, 9.17) is 0 Å². The monoisotopic (exact) mass is 318 g/mol. The Balaban J connectivity index is 1.55. The minimum absolute atomic E-state index is 0.115. The molecule has 1 aliphatic rings. The van der Waals surface area contributed by atoms with E-state index in [1.165, 1.54) is 11.3 Å². The number of carbonyl (C=O) groups is 1. The summed E-state index contributed by atoms with van der Waals surface area (Å²) < 4.78 is 0. The Kier molecular flexibility index (Phi) is 4.44. The molecule has 2 aromatic heterocycles. The van der Waals surface area contributed by atoms with Crippen LogP contribution in [0, 0.1) is 0 Å². The number of aromatic nitrogens is 3. The number of carbonyl (C=O) groups excluding carboxylic acids is 1. The van der Waals surface area contributed by atoms with Gasteiger partial charge < -0.3 is 10.4 Å². The van der Waals surface area contributed by atoms with Gasteiger partial charge in [-0.3, -0.25) is 14.8 Å². The van der Waals surface area contributed by atoms with E-state index >= 15 is 0 Å². The summed E-state index contributed by atoms with van der Waals surface area (Å²) in [6.07, 6.45) is 8.68. The smallest absolute Gasteiger partial charge is 0.226 e. The van der Waals surface area contributed by atoms with Crippen molar-refractivity contribution in [2.45, 2.75) is 37.7 Å². The van der Waals surface area contributed by atoms with Crippen molar-refractivity contribution in [2.75, 3.05) is 6.54 Å². The van der Waals surface area contributed by atoms with Gasteiger partial charge in [0, 0.05) is 24.3 Å². The molecule has 3 rings (SSSR count). The lowest BCUT2D eigenvalue weighted by Crippen LogP contribution is -2.41. The third kappa shape index (κ3) is 3.66. The molecule has 0 radical (unpaired) electrons. The highest BCUT2D eigenvalue weighted by molar-refractivity contribution is 7.13. The normalized spacial score (nSPS) is 16.6. The van der Waals surface area contributed by atoms with Gasteiger partial charge in [-0.25, -0.2) is 4.98 Å². The average molecular weight is 318 g/mol. The Bertz CT molecular complexity index is 638. The predicted octanol–water partition coefficient (Wildman–Crippen LogP) is 1.56. The van der Waals surface area contributed by atoms with E-state index in [2.05, 4.69) is 20.3 Å². The van der Waals surface area contributed by atoms with Crippen LogP contribution in [0.4, 0.5) is 0 Å². The molecule has 0 unspecified atom stereocenters. The highest BCUT2D eigenvalue weighted by Gasteiger charge is 2.31. The molecule has 0 saturated heterocycles. The summed E-state index contributed by atoms with van der Waals surface area (Å²) in [5.74, 6) is -0.115. The maximum atomic E-state index is 12.0. The first kappa shape index (κ1) is 15.1. The number of thiazole rings is 1. The van der Waals surface area contributed by atoms with Crippen LogP contribution in [0.25, 0.3) is 10.7 Å². The van der Waals surface area contributed by atoms with E-state index in [1.807, 2.05) is 5.38 Å². The Morgan fingerprint density at radius 1 is 1.36 bits per heavy atom. The Hall–Kier alpha value is -1.86. The van der Waals surface area contributed by atoms with Crippen LogP contribution in [-0.2, 0) is 11.2 Å². The molecule has 1 saturated carbocycles. The first-order valence-electron chi connectivity index (χ1n) is 7.34. The van der Waals surface area contributed by atoms with Crippen LogP contribution in [0.2, 0.25) is 0 Å². The maximum Gasteiger partial charge on any atom is 0.226 e. The largest absolute Gasteiger partial charge is 0.388 e. The summed E-state index contributed by atoms with van der Waals surface area (Å²) in [6.45, 7) is 0.326. The van der Waals surface area contributed by atoms with Crippen LogP contribution in [-0.4, -0.2) is 38.1 Å². The summed E-state index contributed by atoms with van der Waals surface area (Å²) in [6, 6.07) is 0. The second-order valence-electron chi connectivity index (χ2n) is 5.62. The average Bonchev–Trinajstić information content (AvgIpc) is 3.16. The molecule has 0 aliphatic heterocycles. The van der Waals surface area contributed by atoms with Crippen LogP contribution in [0.5, 0.6) is 0 Å². The van der Waals surface area contributed by atoms with Gasteiger partial charge in [-0.1, -0.05) is 12.8 Å². The molecule has 6 nitrogen and oxygen atoms in total. The molecule has 1 fully saturated rings. The zero-order valence-corrected chi connectivity index (χ0v) is 13.0. The number of amides is 1. The van der Waals surface area contributed by atoms with Crippen molar-refractivity contribution >= 4 is 17.2 Å². The summed E-state index contributed by atoms with van der Waals surface area (Å²) in [4.78, 5) is 24.6. The topological polar surface area (TPSA) is 88.0 Å². The predicted molar refractivity (Wildman–Crippen MR) is 83.3 cm³/mol. The van der Waals surface area contributed by atoms with Gasteiger partial charge in [0.15, 0.2) is 0 Å². The SMILES string of the molecule is O=C(Cc1csc(-c2cnccn2)n1)NCC1(O)CCCC1. The van der Waals surface area contributed by atoms with Crippen LogP contribution < -0.4 is 5.32 Å². The molecule has 0 atom stereocenters. The molecule has 7 heteroatoms. The highest BCUT2D eigenvalue weighted by Crippen LogP contribution is 2.28. The first-order valence-corrected chi connectivity index (χ1v) is 8.22. The van der Waals surface area contributed by atoms with Crippen molar-refractivity contribution in [3.8, 4) is 10.7 Å². The molecule has 2 N–H and O–H groups in total. The van der Waals surface area contributed by atoms with Crippen molar-refractivity contribution < 1.29 is 9.90 Å². The minimum Gasteiger partial charge on any atom is -0.388 e. The summed E-state index contributed by atoms with van der Waals surface area (Å²) in [7, 11) is 0. The lowest BCUT2D eigenvalue weighted by molar-refractivity contribution is -0.121. The van der Waals surface area contributed by atoms with Gasteiger partial charge in [-0.15, -0.1) is 11.3 Å². The summed E-state index contributed by atoms with van der Waals surface area (Å²) in [5, 5.41) is 15.6. The van der Waals surface area contributed by atoms with E-state index in [9.17, 15) is 9.90 Å². The van der Waals surface area contributed by atoms with Crippen molar-refractivity contribution in [1.29, 1.82) is 0 Å². The molecule has 1 aliphatic carbocycles. The van der Waals surface area contributed by atoms with Gasteiger partial charge in [-0.2, -0.15) is 0 Å². The maximum absolute atomic E-state index is 12.0. The molecule has 1 amide bonds. The molecule has 22 heavy (non-hydrogen) atoms. The molecule has 0 bridgehead atoms. The molecule has 116 valence electrons. The van der Waals surface area contributed by atoms with Crippen molar-refractivity contribution in [1.82, 2.24) is 20.3 Å². The lowest BCUT2D eigenvalue weighted by Gasteiger charge is -2.22. The first-order chi connectivity index (χ1) is 10.6. The van der Waals surface area contributed by atoms with Gasteiger partial charge in [0.05, 0.1) is 23.9 Å². The van der Waals surface area contributed by atoms with Gasteiger partial charge in [-0.05, 0) is 12.8 Å². The number of nitrogens with one attached hydrogen (secondary N) is 1. The fourth-order valence-corrected chi connectivity index (χ4v) is 3.40. The van der Waals surface area contributed by atoms with Crippen molar-refractivity contribution in [3.63, 3.8) is 0 Å². The Morgan fingerprint density at radius 3 is 2.91 bits per heavy atom. The molecule has 0 spiro atoms. The Labute approximate surface area is 132 Å². The van der Waals surface area contributed by atoms with E-state index in [0.29, 0.717) is 17.9 Å². The zero-order valence-electron chi connectivity index (χ0n) is 12.2. The molecular weight excluding hydrogens is 300 g/mol. The van der Waals surface area contributed by atoms with E-state index in [0.717, 1.165) is 30.7 Å². The van der Waals surface area contributed by atoms with Crippen LogP contribution in [0.1, 0.15) is 31.4 Å². The Morgan fingerprint density at radius 2 is 2.18 bits per heavy atom. The van der Waals surface area contributed by atoms with E-state index in [-0.39, 0.29) is 12.3 Å². The standard InChI is InChI=1S/C15H18N4O2S/c20-13(18-10-15(21)3-1-2-4-15)7-11-9-22-14(19-11)12-8-16-5-6-17-12/h5-6,8-9,21H,1-4,7,10H2,(H,18,20). The number of aliphatic hydroxyl groups is 1. The summed E-state index contributed by atoms with van der Waals surface area (Å²) in [5.41, 5.74) is 0.698. The fourth-order valence-electron chi connectivity index (χ4n) is 2.62. The fraction of sp³-hybridized carbons (Fsp3) is 0.467. The minimum atomic E-state index is -0.720. The number of rotatable bonds is 5. The number of hydrogen-bond donors (Lipinski definition) is 2. The molecular formula is C15H18N4O2S. The molecule has 2 aromatic rings. The second kappa shape index (κ2) is 6.50.